The van der Waals surface area contributed by atoms with Gasteiger partial charge < -0.3 is 5.32 Å². The van der Waals surface area contributed by atoms with E-state index in [1.807, 2.05) is 11.3 Å². The number of hydrogen-bond donors (Lipinski definition) is 1. The molecule has 4 rings (SSSR count). The van der Waals surface area contributed by atoms with E-state index < -0.39 is 0 Å². The van der Waals surface area contributed by atoms with E-state index in [9.17, 15) is 0 Å². The van der Waals surface area contributed by atoms with Crippen LogP contribution in [0.25, 0.3) is 0 Å². The number of thiazole rings is 1. The van der Waals surface area contributed by atoms with Crippen molar-refractivity contribution in [3.05, 3.63) is 49.9 Å². The van der Waals surface area contributed by atoms with Crippen LogP contribution in [-0.4, -0.2) is 11.0 Å². The van der Waals surface area contributed by atoms with Crippen LogP contribution < -0.4 is 5.32 Å². The van der Waals surface area contributed by atoms with Gasteiger partial charge >= 0.3 is 0 Å². The fraction of sp³-hybridized carbons (Fsp3) is 0.471. The molecule has 0 aliphatic heterocycles. The first kappa shape index (κ1) is 13.9. The standard InChI is InChI=1S/C17H19BrN2S/c18-12-7-5-11(6-8-12)16(19-13-9-10-13)17-20-14-3-1-2-4-15(14)21-17/h5-8,13,16,19H,1-4,9-10H2. The van der Waals surface area contributed by atoms with Gasteiger partial charge in [-0.3, -0.25) is 0 Å². The molecule has 2 aromatic rings. The van der Waals surface area contributed by atoms with Crippen molar-refractivity contribution in [3.8, 4) is 0 Å². The van der Waals surface area contributed by atoms with E-state index >= 15 is 0 Å². The molecule has 1 saturated carbocycles. The lowest BCUT2D eigenvalue weighted by Crippen LogP contribution is -2.24. The molecule has 1 N–H and O–H groups in total. The number of nitrogens with zero attached hydrogens (tertiary/aromatic N) is 1. The Morgan fingerprint density at radius 1 is 1.14 bits per heavy atom. The van der Waals surface area contributed by atoms with Crippen LogP contribution in [0.1, 0.15) is 52.9 Å². The Labute approximate surface area is 138 Å². The molecule has 1 heterocycles. The topological polar surface area (TPSA) is 24.9 Å². The number of hydrogen-bond acceptors (Lipinski definition) is 3. The Morgan fingerprint density at radius 3 is 2.62 bits per heavy atom. The molecule has 0 bridgehead atoms. The fourth-order valence-electron chi connectivity index (χ4n) is 2.95. The molecule has 1 aromatic carbocycles. The second-order valence-electron chi connectivity index (χ2n) is 6.05. The summed E-state index contributed by atoms with van der Waals surface area (Å²) in [4.78, 5) is 6.50. The molecular formula is C17H19BrN2S. The van der Waals surface area contributed by atoms with Gasteiger partial charge in [0.05, 0.1) is 11.7 Å². The lowest BCUT2D eigenvalue weighted by atomic mass is 10.0. The van der Waals surface area contributed by atoms with Crippen molar-refractivity contribution in [1.82, 2.24) is 10.3 Å². The van der Waals surface area contributed by atoms with E-state index in [1.165, 1.54) is 59.7 Å². The van der Waals surface area contributed by atoms with Gasteiger partial charge in [-0.2, -0.15) is 0 Å². The van der Waals surface area contributed by atoms with Crippen LogP contribution in [0.2, 0.25) is 0 Å². The summed E-state index contributed by atoms with van der Waals surface area (Å²) in [5, 5.41) is 5.05. The van der Waals surface area contributed by atoms with E-state index in [-0.39, 0.29) is 6.04 Å². The third-order valence-electron chi connectivity index (χ3n) is 4.29. The number of aromatic nitrogens is 1. The predicted molar refractivity (Wildman–Crippen MR) is 90.9 cm³/mol. The van der Waals surface area contributed by atoms with Crippen LogP contribution >= 0.6 is 27.3 Å². The number of aryl methyl sites for hydroxylation is 2. The minimum Gasteiger partial charge on any atom is -0.301 e. The van der Waals surface area contributed by atoms with Crippen molar-refractivity contribution in [3.63, 3.8) is 0 Å². The molecular weight excluding hydrogens is 344 g/mol. The summed E-state index contributed by atoms with van der Waals surface area (Å²) < 4.78 is 1.13. The van der Waals surface area contributed by atoms with Gasteiger partial charge in [-0.15, -0.1) is 11.3 Å². The molecule has 0 radical (unpaired) electrons. The van der Waals surface area contributed by atoms with E-state index in [1.54, 1.807) is 0 Å². The highest BCUT2D eigenvalue weighted by Crippen LogP contribution is 2.35. The Kier molecular flexibility index (Phi) is 3.86. The number of benzene rings is 1. The summed E-state index contributed by atoms with van der Waals surface area (Å²) in [5.74, 6) is 0. The van der Waals surface area contributed by atoms with E-state index in [4.69, 9.17) is 4.98 Å². The number of nitrogens with one attached hydrogen (secondary N) is 1. The monoisotopic (exact) mass is 362 g/mol. The normalized spacial score (nSPS) is 19.3. The summed E-state index contributed by atoms with van der Waals surface area (Å²) in [7, 11) is 0. The highest BCUT2D eigenvalue weighted by atomic mass is 79.9. The quantitative estimate of drug-likeness (QED) is 0.857. The number of halogens is 1. The molecule has 1 unspecified atom stereocenters. The average molecular weight is 363 g/mol. The molecule has 1 aromatic heterocycles. The van der Waals surface area contributed by atoms with Crippen LogP contribution in [0.5, 0.6) is 0 Å². The lowest BCUT2D eigenvalue weighted by Gasteiger charge is -2.16. The molecule has 110 valence electrons. The van der Waals surface area contributed by atoms with Crippen LogP contribution in [0, 0.1) is 0 Å². The molecule has 21 heavy (non-hydrogen) atoms. The zero-order valence-corrected chi connectivity index (χ0v) is 14.3. The van der Waals surface area contributed by atoms with Crippen LogP contribution in [0.15, 0.2) is 28.7 Å². The van der Waals surface area contributed by atoms with Gasteiger partial charge in [-0.05, 0) is 56.2 Å². The van der Waals surface area contributed by atoms with Crippen molar-refractivity contribution in [2.24, 2.45) is 0 Å². The first-order chi connectivity index (χ1) is 10.3. The van der Waals surface area contributed by atoms with Crippen molar-refractivity contribution >= 4 is 27.3 Å². The van der Waals surface area contributed by atoms with Gasteiger partial charge in [0.1, 0.15) is 5.01 Å². The van der Waals surface area contributed by atoms with Crippen molar-refractivity contribution in [2.75, 3.05) is 0 Å². The van der Waals surface area contributed by atoms with Crippen molar-refractivity contribution in [2.45, 2.75) is 50.6 Å². The number of rotatable bonds is 4. The fourth-order valence-corrected chi connectivity index (χ4v) is 4.45. The molecule has 1 fully saturated rings. The van der Waals surface area contributed by atoms with Crippen LogP contribution in [0.3, 0.4) is 0 Å². The Balaban J connectivity index is 1.67. The summed E-state index contributed by atoms with van der Waals surface area (Å²) >= 11 is 5.45. The zero-order chi connectivity index (χ0) is 14.2. The van der Waals surface area contributed by atoms with Crippen molar-refractivity contribution < 1.29 is 0 Å². The first-order valence-electron chi connectivity index (χ1n) is 7.79. The zero-order valence-electron chi connectivity index (χ0n) is 11.9. The molecule has 4 heteroatoms. The summed E-state index contributed by atoms with van der Waals surface area (Å²) in [6.07, 6.45) is 7.63. The Morgan fingerprint density at radius 2 is 1.90 bits per heavy atom. The first-order valence-corrected chi connectivity index (χ1v) is 9.40. The average Bonchev–Trinajstić information content (AvgIpc) is 3.22. The molecule has 0 spiro atoms. The Bertz CT molecular complexity index is 607. The molecule has 1 atom stereocenters. The van der Waals surface area contributed by atoms with Gasteiger partial charge in [0.2, 0.25) is 0 Å². The largest absolute Gasteiger partial charge is 0.301 e. The van der Waals surface area contributed by atoms with E-state index in [0.717, 1.165) is 4.47 Å². The third-order valence-corrected chi connectivity index (χ3v) is 6.04. The third kappa shape index (κ3) is 3.08. The highest BCUT2D eigenvalue weighted by Gasteiger charge is 2.29. The van der Waals surface area contributed by atoms with Gasteiger partial charge in [0, 0.05) is 15.4 Å². The minimum absolute atomic E-state index is 0.265. The molecule has 0 saturated heterocycles. The van der Waals surface area contributed by atoms with Gasteiger partial charge in [-0.25, -0.2) is 4.98 Å². The molecule has 2 nitrogen and oxygen atoms in total. The summed E-state index contributed by atoms with van der Waals surface area (Å²) in [5.41, 5.74) is 2.69. The lowest BCUT2D eigenvalue weighted by molar-refractivity contribution is 0.594. The SMILES string of the molecule is Brc1ccc(C(NC2CC2)c2nc3c(s2)CCCC3)cc1. The maximum atomic E-state index is 4.98. The molecule has 2 aliphatic carbocycles. The maximum Gasteiger partial charge on any atom is 0.115 e. The van der Waals surface area contributed by atoms with Crippen molar-refractivity contribution in [1.29, 1.82) is 0 Å². The van der Waals surface area contributed by atoms with Crippen LogP contribution in [-0.2, 0) is 12.8 Å². The smallest absolute Gasteiger partial charge is 0.115 e. The van der Waals surface area contributed by atoms with Gasteiger partial charge in [0.25, 0.3) is 0 Å². The highest BCUT2D eigenvalue weighted by molar-refractivity contribution is 9.10. The molecule has 0 amide bonds. The van der Waals surface area contributed by atoms with Crippen LogP contribution in [0.4, 0.5) is 0 Å². The van der Waals surface area contributed by atoms with E-state index in [2.05, 4.69) is 45.5 Å². The predicted octanol–water partition coefficient (Wildman–Crippen LogP) is 4.63. The van der Waals surface area contributed by atoms with E-state index in [0.29, 0.717) is 6.04 Å². The maximum absolute atomic E-state index is 4.98. The molecule has 2 aliphatic rings. The number of fused-ring (bicyclic) bond motifs is 1. The minimum atomic E-state index is 0.265. The summed E-state index contributed by atoms with van der Waals surface area (Å²) in [6.45, 7) is 0. The van der Waals surface area contributed by atoms with Gasteiger partial charge in [0.15, 0.2) is 0 Å². The second kappa shape index (κ2) is 5.82. The summed E-state index contributed by atoms with van der Waals surface area (Å²) in [6, 6.07) is 9.63. The Hall–Kier alpha value is -0.710. The van der Waals surface area contributed by atoms with Gasteiger partial charge in [-0.1, -0.05) is 28.1 Å². The second-order valence-corrected chi connectivity index (χ2v) is 8.09.